The highest BCUT2D eigenvalue weighted by atomic mass is 15.1. The van der Waals surface area contributed by atoms with Gasteiger partial charge in [0, 0.05) is 18.6 Å². The Morgan fingerprint density at radius 3 is 2.50 bits per heavy atom. The first-order valence-corrected chi connectivity index (χ1v) is 7.86. The van der Waals surface area contributed by atoms with Crippen LogP contribution in [0.2, 0.25) is 0 Å². The Morgan fingerprint density at radius 1 is 1.17 bits per heavy atom. The normalized spacial score (nSPS) is 30.5. The molecule has 106 valence electrons. The van der Waals surface area contributed by atoms with E-state index in [1.165, 1.54) is 58.4 Å². The highest BCUT2D eigenvalue weighted by Crippen LogP contribution is 2.21. The Labute approximate surface area is 113 Å². The molecule has 2 unspecified atom stereocenters. The molecule has 3 nitrogen and oxygen atoms in total. The lowest BCUT2D eigenvalue weighted by molar-refractivity contribution is 0.150. The highest BCUT2D eigenvalue weighted by molar-refractivity contribution is 4.84. The number of rotatable bonds is 4. The first-order chi connectivity index (χ1) is 8.69. The van der Waals surface area contributed by atoms with Crippen LogP contribution < -0.4 is 5.32 Å². The van der Waals surface area contributed by atoms with Crippen molar-refractivity contribution in [2.24, 2.45) is 5.92 Å². The van der Waals surface area contributed by atoms with Gasteiger partial charge in [0.05, 0.1) is 0 Å². The van der Waals surface area contributed by atoms with Gasteiger partial charge in [-0.3, -0.25) is 0 Å². The summed E-state index contributed by atoms with van der Waals surface area (Å²) in [5, 5.41) is 3.89. The standard InChI is InChI=1S/C15H31N3/c1-4-18-10-7-14(8-11-18)13(2)16-15-6-5-9-17(3)12-15/h13-16H,4-12H2,1-3H3. The van der Waals surface area contributed by atoms with Crippen molar-refractivity contribution in [3.8, 4) is 0 Å². The molecule has 0 aromatic heterocycles. The lowest BCUT2D eigenvalue weighted by atomic mass is 9.89. The third-order valence-electron chi connectivity index (χ3n) is 4.91. The first-order valence-electron chi connectivity index (χ1n) is 7.86. The third kappa shape index (κ3) is 3.94. The molecule has 1 N–H and O–H groups in total. The number of nitrogens with one attached hydrogen (secondary N) is 1. The second-order valence-corrected chi connectivity index (χ2v) is 6.33. The van der Waals surface area contributed by atoms with Gasteiger partial charge in [-0.1, -0.05) is 6.92 Å². The summed E-state index contributed by atoms with van der Waals surface area (Å²) in [7, 11) is 2.25. The lowest BCUT2D eigenvalue weighted by Crippen LogP contribution is -2.50. The van der Waals surface area contributed by atoms with Gasteiger partial charge in [-0.25, -0.2) is 0 Å². The molecule has 2 heterocycles. The summed E-state index contributed by atoms with van der Waals surface area (Å²) in [5.74, 6) is 0.889. The second-order valence-electron chi connectivity index (χ2n) is 6.33. The summed E-state index contributed by atoms with van der Waals surface area (Å²) in [4.78, 5) is 5.05. The van der Waals surface area contributed by atoms with Crippen LogP contribution in [0.1, 0.15) is 39.5 Å². The van der Waals surface area contributed by atoms with E-state index in [0.29, 0.717) is 6.04 Å². The van der Waals surface area contributed by atoms with Crippen LogP contribution in [0.25, 0.3) is 0 Å². The average Bonchev–Trinajstić information content (AvgIpc) is 2.39. The summed E-state index contributed by atoms with van der Waals surface area (Å²) >= 11 is 0. The van der Waals surface area contributed by atoms with E-state index in [0.717, 1.165) is 12.0 Å². The zero-order valence-electron chi connectivity index (χ0n) is 12.5. The zero-order valence-corrected chi connectivity index (χ0v) is 12.5. The van der Waals surface area contributed by atoms with Crippen molar-refractivity contribution in [1.82, 2.24) is 15.1 Å². The van der Waals surface area contributed by atoms with Gasteiger partial charge in [-0.15, -0.1) is 0 Å². The van der Waals surface area contributed by atoms with E-state index in [-0.39, 0.29) is 0 Å². The molecule has 3 heteroatoms. The molecule has 2 atom stereocenters. The van der Waals surface area contributed by atoms with Gasteiger partial charge < -0.3 is 15.1 Å². The predicted octanol–water partition coefficient (Wildman–Crippen LogP) is 1.79. The first kappa shape index (κ1) is 14.3. The fourth-order valence-electron chi connectivity index (χ4n) is 3.58. The fourth-order valence-corrected chi connectivity index (χ4v) is 3.58. The van der Waals surface area contributed by atoms with Crippen LogP contribution in [0.5, 0.6) is 0 Å². The summed E-state index contributed by atoms with van der Waals surface area (Å²) < 4.78 is 0. The summed E-state index contributed by atoms with van der Waals surface area (Å²) in [6.07, 6.45) is 5.48. The fraction of sp³-hybridized carbons (Fsp3) is 1.00. The number of nitrogens with zero attached hydrogens (tertiary/aromatic N) is 2. The Bertz CT molecular complexity index is 236. The number of piperidine rings is 2. The molecule has 0 radical (unpaired) electrons. The molecular weight excluding hydrogens is 222 g/mol. The molecule has 0 aliphatic carbocycles. The smallest absolute Gasteiger partial charge is 0.0197 e. The van der Waals surface area contributed by atoms with Crippen LogP contribution in [0.4, 0.5) is 0 Å². The van der Waals surface area contributed by atoms with E-state index >= 15 is 0 Å². The number of likely N-dealkylation sites (N-methyl/N-ethyl adjacent to an activating group) is 1. The maximum atomic E-state index is 3.89. The van der Waals surface area contributed by atoms with E-state index in [4.69, 9.17) is 0 Å². The van der Waals surface area contributed by atoms with Crippen LogP contribution >= 0.6 is 0 Å². The maximum Gasteiger partial charge on any atom is 0.0197 e. The zero-order chi connectivity index (χ0) is 13.0. The van der Waals surface area contributed by atoms with Gasteiger partial charge >= 0.3 is 0 Å². The minimum Gasteiger partial charge on any atom is -0.310 e. The number of likely N-dealkylation sites (tertiary alicyclic amines) is 2. The average molecular weight is 253 g/mol. The summed E-state index contributed by atoms with van der Waals surface area (Å²) in [6.45, 7) is 11.0. The number of hydrogen-bond acceptors (Lipinski definition) is 3. The predicted molar refractivity (Wildman–Crippen MR) is 78.0 cm³/mol. The van der Waals surface area contributed by atoms with Crippen molar-refractivity contribution < 1.29 is 0 Å². The van der Waals surface area contributed by atoms with E-state index in [1.807, 2.05) is 0 Å². The van der Waals surface area contributed by atoms with Crippen LogP contribution in [-0.2, 0) is 0 Å². The van der Waals surface area contributed by atoms with Gasteiger partial charge in [-0.2, -0.15) is 0 Å². The van der Waals surface area contributed by atoms with Crippen LogP contribution in [0.15, 0.2) is 0 Å². The van der Waals surface area contributed by atoms with Crippen molar-refractivity contribution in [2.75, 3.05) is 39.8 Å². The van der Waals surface area contributed by atoms with Gasteiger partial charge in [-0.05, 0) is 71.8 Å². The van der Waals surface area contributed by atoms with Gasteiger partial charge in [0.1, 0.15) is 0 Å². The minimum absolute atomic E-state index is 0.695. The Hall–Kier alpha value is -0.120. The van der Waals surface area contributed by atoms with Crippen LogP contribution in [0, 0.1) is 5.92 Å². The topological polar surface area (TPSA) is 18.5 Å². The maximum absolute atomic E-state index is 3.89. The van der Waals surface area contributed by atoms with E-state index in [2.05, 4.69) is 36.0 Å². The van der Waals surface area contributed by atoms with Crippen molar-refractivity contribution >= 4 is 0 Å². The molecule has 2 fully saturated rings. The number of hydrogen-bond donors (Lipinski definition) is 1. The Balaban J connectivity index is 1.72. The molecule has 2 aliphatic rings. The van der Waals surface area contributed by atoms with Gasteiger partial charge in [0.2, 0.25) is 0 Å². The Kier molecular flexibility index (Phi) is 5.46. The van der Waals surface area contributed by atoms with Crippen molar-refractivity contribution in [3.05, 3.63) is 0 Å². The molecule has 18 heavy (non-hydrogen) atoms. The van der Waals surface area contributed by atoms with E-state index in [9.17, 15) is 0 Å². The van der Waals surface area contributed by atoms with Gasteiger partial charge in [0.25, 0.3) is 0 Å². The van der Waals surface area contributed by atoms with E-state index < -0.39 is 0 Å². The summed E-state index contributed by atoms with van der Waals surface area (Å²) in [5.41, 5.74) is 0. The Morgan fingerprint density at radius 2 is 1.89 bits per heavy atom. The van der Waals surface area contributed by atoms with Gasteiger partial charge in [0.15, 0.2) is 0 Å². The highest BCUT2D eigenvalue weighted by Gasteiger charge is 2.26. The minimum atomic E-state index is 0.695. The molecule has 0 amide bonds. The quantitative estimate of drug-likeness (QED) is 0.824. The molecule has 0 aromatic rings. The third-order valence-corrected chi connectivity index (χ3v) is 4.91. The molecule has 2 rings (SSSR count). The molecule has 2 saturated heterocycles. The van der Waals surface area contributed by atoms with Crippen molar-refractivity contribution in [3.63, 3.8) is 0 Å². The molecule has 0 saturated carbocycles. The van der Waals surface area contributed by atoms with Crippen LogP contribution in [0.3, 0.4) is 0 Å². The summed E-state index contributed by atoms with van der Waals surface area (Å²) in [6, 6.07) is 1.42. The molecule has 0 spiro atoms. The second kappa shape index (κ2) is 6.88. The van der Waals surface area contributed by atoms with Crippen LogP contribution in [-0.4, -0.2) is 61.7 Å². The van der Waals surface area contributed by atoms with E-state index in [1.54, 1.807) is 0 Å². The largest absolute Gasteiger partial charge is 0.310 e. The molecular formula is C15H31N3. The lowest BCUT2D eigenvalue weighted by Gasteiger charge is -2.38. The SMILES string of the molecule is CCN1CCC(C(C)NC2CCCN(C)C2)CC1. The van der Waals surface area contributed by atoms with Crippen molar-refractivity contribution in [1.29, 1.82) is 0 Å². The molecule has 0 aromatic carbocycles. The monoisotopic (exact) mass is 253 g/mol. The molecule has 2 aliphatic heterocycles. The molecule has 0 bridgehead atoms. The van der Waals surface area contributed by atoms with Crippen molar-refractivity contribution in [2.45, 2.75) is 51.6 Å².